The molecule has 160 valence electrons. The Bertz CT molecular complexity index is 1040. The summed E-state index contributed by atoms with van der Waals surface area (Å²) >= 11 is 0. The molecule has 0 radical (unpaired) electrons. The van der Waals surface area contributed by atoms with Crippen molar-refractivity contribution in [1.29, 1.82) is 0 Å². The smallest absolute Gasteiger partial charge is 0.232 e. The third-order valence-corrected chi connectivity index (χ3v) is 5.21. The van der Waals surface area contributed by atoms with Gasteiger partial charge in [-0.3, -0.25) is 4.79 Å². The normalized spacial score (nSPS) is 15.7. The first kappa shape index (κ1) is 20.7. The first-order chi connectivity index (χ1) is 15.1. The van der Waals surface area contributed by atoms with E-state index in [-0.39, 0.29) is 12.0 Å². The molecule has 0 unspecified atom stereocenters. The molecule has 1 fully saturated rings. The summed E-state index contributed by atoms with van der Waals surface area (Å²) in [6.45, 7) is 5.61. The topological polar surface area (TPSA) is 92.3 Å². The molecule has 8 heteroatoms. The lowest BCUT2D eigenvalue weighted by atomic mass is 10.1. The van der Waals surface area contributed by atoms with Crippen LogP contribution in [0.5, 0.6) is 0 Å². The molecule has 1 amide bonds. The number of nitrogens with zero attached hydrogens (tertiary/aromatic N) is 4. The van der Waals surface area contributed by atoms with Crippen molar-refractivity contribution in [1.82, 2.24) is 15.0 Å². The average molecular weight is 419 g/mol. The lowest BCUT2D eigenvalue weighted by Gasteiger charge is -2.17. The van der Waals surface area contributed by atoms with Gasteiger partial charge in [-0.1, -0.05) is 36.4 Å². The molecule has 2 heterocycles. The number of aromatic nitrogens is 3. The molecule has 0 spiro atoms. The van der Waals surface area contributed by atoms with Crippen molar-refractivity contribution in [3.63, 3.8) is 0 Å². The molecule has 1 aliphatic heterocycles. The van der Waals surface area contributed by atoms with Gasteiger partial charge in [0, 0.05) is 31.4 Å². The number of hydrogen-bond donors (Lipinski definition) is 2. The summed E-state index contributed by atoms with van der Waals surface area (Å²) in [4.78, 5) is 26.7. The third-order valence-electron chi connectivity index (χ3n) is 5.21. The number of ether oxygens (including phenoxy) is 1. The van der Waals surface area contributed by atoms with Gasteiger partial charge in [-0.15, -0.1) is 0 Å². The fourth-order valence-electron chi connectivity index (χ4n) is 3.55. The summed E-state index contributed by atoms with van der Waals surface area (Å²) in [5, 5.41) is 6.07. The Morgan fingerprint density at radius 2 is 1.94 bits per heavy atom. The van der Waals surface area contributed by atoms with Crippen LogP contribution in [0.4, 0.5) is 23.3 Å². The van der Waals surface area contributed by atoms with Crippen LogP contribution in [0.15, 0.2) is 54.9 Å². The molecular formula is C23H26N6O2. The summed E-state index contributed by atoms with van der Waals surface area (Å²) in [7, 11) is 0. The zero-order chi connectivity index (χ0) is 21.6. The van der Waals surface area contributed by atoms with Gasteiger partial charge in [0.05, 0.1) is 12.7 Å². The van der Waals surface area contributed by atoms with E-state index in [2.05, 4.69) is 42.6 Å². The van der Waals surface area contributed by atoms with Crippen molar-refractivity contribution in [2.24, 2.45) is 0 Å². The number of nitrogens with one attached hydrogen (secondary N) is 2. The summed E-state index contributed by atoms with van der Waals surface area (Å²) in [5.74, 6) is 0.974. The Morgan fingerprint density at radius 1 is 1.13 bits per heavy atom. The second-order valence-corrected chi connectivity index (χ2v) is 7.55. The molecule has 1 aliphatic rings. The Labute approximate surface area is 181 Å². The highest BCUT2D eigenvalue weighted by Crippen LogP contribution is 2.26. The third kappa shape index (κ3) is 5.35. The van der Waals surface area contributed by atoms with Crippen molar-refractivity contribution in [3.8, 4) is 0 Å². The number of anilines is 4. The number of hydrogen-bond acceptors (Lipinski definition) is 7. The minimum Gasteiger partial charge on any atom is -0.372 e. The molecule has 0 saturated carbocycles. The van der Waals surface area contributed by atoms with Gasteiger partial charge in [0.2, 0.25) is 17.8 Å². The zero-order valence-corrected chi connectivity index (χ0v) is 17.7. The van der Waals surface area contributed by atoms with E-state index < -0.39 is 0 Å². The number of benzene rings is 2. The van der Waals surface area contributed by atoms with Gasteiger partial charge in [-0.25, -0.2) is 9.97 Å². The van der Waals surface area contributed by atoms with E-state index in [0.29, 0.717) is 18.5 Å². The van der Waals surface area contributed by atoms with Crippen LogP contribution < -0.4 is 15.5 Å². The highest BCUT2D eigenvalue weighted by atomic mass is 16.5. The molecule has 0 aliphatic carbocycles. The minimum absolute atomic E-state index is 0.110. The molecule has 2 aromatic carbocycles. The van der Waals surface area contributed by atoms with Crippen molar-refractivity contribution in [2.75, 3.05) is 28.6 Å². The van der Waals surface area contributed by atoms with Crippen LogP contribution in [-0.2, 0) is 16.1 Å². The van der Waals surface area contributed by atoms with Gasteiger partial charge in [-0.2, -0.15) is 4.98 Å². The summed E-state index contributed by atoms with van der Waals surface area (Å²) in [6.07, 6.45) is 2.58. The summed E-state index contributed by atoms with van der Waals surface area (Å²) in [6, 6.07) is 15.8. The quantitative estimate of drug-likeness (QED) is 0.605. The van der Waals surface area contributed by atoms with Gasteiger partial charge in [0.25, 0.3) is 0 Å². The first-order valence-corrected chi connectivity index (χ1v) is 10.3. The maximum atomic E-state index is 11.4. The largest absolute Gasteiger partial charge is 0.372 e. The van der Waals surface area contributed by atoms with Crippen LogP contribution in [0.1, 0.15) is 24.5 Å². The molecular weight excluding hydrogens is 392 g/mol. The Morgan fingerprint density at radius 3 is 2.74 bits per heavy atom. The van der Waals surface area contributed by atoms with Crippen LogP contribution >= 0.6 is 0 Å². The summed E-state index contributed by atoms with van der Waals surface area (Å²) in [5.41, 5.74) is 3.67. The van der Waals surface area contributed by atoms with E-state index in [1.165, 1.54) is 18.8 Å². The molecule has 4 rings (SSSR count). The van der Waals surface area contributed by atoms with E-state index in [9.17, 15) is 4.79 Å². The molecule has 3 aromatic rings. The van der Waals surface area contributed by atoms with Gasteiger partial charge >= 0.3 is 0 Å². The Hall–Kier alpha value is -3.52. The summed E-state index contributed by atoms with van der Waals surface area (Å²) < 4.78 is 6.06. The van der Waals surface area contributed by atoms with Crippen LogP contribution in [0.3, 0.4) is 0 Å². The zero-order valence-electron chi connectivity index (χ0n) is 17.7. The Balaban J connectivity index is 1.39. The highest BCUT2D eigenvalue weighted by Gasteiger charge is 2.25. The van der Waals surface area contributed by atoms with E-state index in [1.54, 1.807) is 0 Å². The standard InChI is InChI=1S/C23H26N6O2/c1-16-20(26-17(2)30)9-6-10-21(16)27-22-24-15-25-23(28-22)29-12-11-19(13-29)31-14-18-7-4-3-5-8-18/h3-10,15,19H,11-14H2,1-2H3,(H,26,30)(H,24,25,27,28)/t19-/m1/s1. The number of amides is 1. The van der Waals surface area contributed by atoms with Crippen LogP contribution in [0.2, 0.25) is 0 Å². The van der Waals surface area contributed by atoms with Crippen molar-refractivity contribution < 1.29 is 9.53 Å². The monoisotopic (exact) mass is 418 g/mol. The van der Waals surface area contributed by atoms with E-state index in [0.717, 1.165) is 36.4 Å². The highest BCUT2D eigenvalue weighted by molar-refractivity contribution is 5.90. The predicted octanol–water partition coefficient (Wildman–Crippen LogP) is 3.68. The molecule has 1 aromatic heterocycles. The van der Waals surface area contributed by atoms with Crippen LogP contribution in [-0.4, -0.2) is 40.1 Å². The number of carbonyl (C=O) groups excluding carboxylic acids is 1. The minimum atomic E-state index is -0.110. The van der Waals surface area contributed by atoms with Crippen LogP contribution in [0.25, 0.3) is 0 Å². The first-order valence-electron chi connectivity index (χ1n) is 10.3. The van der Waals surface area contributed by atoms with Gasteiger partial charge < -0.3 is 20.3 Å². The molecule has 1 saturated heterocycles. The second-order valence-electron chi connectivity index (χ2n) is 7.55. The van der Waals surface area contributed by atoms with Crippen molar-refractivity contribution >= 4 is 29.2 Å². The SMILES string of the molecule is CC(=O)Nc1cccc(Nc2ncnc(N3CC[C@@H](OCc4ccccc4)C3)n2)c1C. The number of rotatable bonds is 7. The average Bonchev–Trinajstić information content (AvgIpc) is 3.25. The van der Waals surface area contributed by atoms with E-state index in [1.807, 2.05) is 43.3 Å². The Kier molecular flexibility index (Phi) is 6.37. The predicted molar refractivity (Wildman–Crippen MR) is 120 cm³/mol. The molecule has 0 bridgehead atoms. The van der Waals surface area contributed by atoms with Crippen LogP contribution in [0, 0.1) is 6.92 Å². The van der Waals surface area contributed by atoms with Gasteiger partial charge in [-0.05, 0) is 36.6 Å². The van der Waals surface area contributed by atoms with E-state index >= 15 is 0 Å². The fraction of sp³-hybridized carbons (Fsp3) is 0.304. The fourth-order valence-corrected chi connectivity index (χ4v) is 3.55. The maximum absolute atomic E-state index is 11.4. The maximum Gasteiger partial charge on any atom is 0.232 e. The van der Waals surface area contributed by atoms with Crippen molar-refractivity contribution in [2.45, 2.75) is 33.0 Å². The second kappa shape index (κ2) is 9.53. The molecule has 2 N–H and O–H groups in total. The lowest BCUT2D eigenvalue weighted by Crippen LogP contribution is -2.25. The molecule has 8 nitrogen and oxygen atoms in total. The lowest BCUT2D eigenvalue weighted by molar-refractivity contribution is -0.114. The van der Waals surface area contributed by atoms with Gasteiger partial charge in [0.1, 0.15) is 6.33 Å². The molecule has 31 heavy (non-hydrogen) atoms. The van der Waals surface area contributed by atoms with Crippen molar-refractivity contribution in [3.05, 3.63) is 66.0 Å². The number of carbonyl (C=O) groups is 1. The van der Waals surface area contributed by atoms with E-state index in [4.69, 9.17) is 4.74 Å². The van der Waals surface area contributed by atoms with Gasteiger partial charge in [0.15, 0.2) is 0 Å². The molecule has 1 atom stereocenters.